The number of piperidine rings is 1. The molecule has 0 spiro atoms. The first-order valence-electron chi connectivity index (χ1n) is 7.00. The highest BCUT2D eigenvalue weighted by Gasteiger charge is 2.25. The minimum Gasteiger partial charge on any atom is -0.504 e. The largest absolute Gasteiger partial charge is 0.504 e. The van der Waals surface area contributed by atoms with Crippen LogP contribution in [0, 0.1) is 11.8 Å². The van der Waals surface area contributed by atoms with Crippen molar-refractivity contribution in [3.05, 3.63) is 24.3 Å². The number of likely N-dealkylation sites (tertiary alicyclic amines) is 1. The smallest absolute Gasteiger partial charge is 0.160 e. The van der Waals surface area contributed by atoms with Gasteiger partial charge in [-0.25, -0.2) is 0 Å². The number of ether oxygens (including phenoxy) is 1. The van der Waals surface area contributed by atoms with Gasteiger partial charge in [0.1, 0.15) is 0 Å². The van der Waals surface area contributed by atoms with E-state index in [1.807, 2.05) is 6.07 Å². The molecule has 1 aliphatic rings. The van der Waals surface area contributed by atoms with Gasteiger partial charge < -0.3 is 20.5 Å². The molecular formula is C15H24N2O2. The van der Waals surface area contributed by atoms with Crippen LogP contribution in [0.15, 0.2) is 24.3 Å². The Hall–Kier alpha value is -1.26. The van der Waals surface area contributed by atoms with Crippen LogP contribution in [-0.2, 0) is 0 Å². The molecule has 4 heteroatoms. The first-order valence-corrected chi connectivity index (χ1v) is 7.00. The Bertz CT molecular complexity index is 389. The normalized spacial score (nSPS) is 19.3. The van der Waals surface area contributed by atoms with Gasteiger partial charge in [0.05, 0.1) is 6.61 Å². The van der Waals surface area contributed by atoms with Gasteiger partial charge in [0.2, 0.25) is 0 Å². The van der Waals surface area contributed by atoms with Gasteiger partial charge in [-0.1, -0.05) is 12.1 Å². The molecule has 0 radical (unpaired) electrons. The summed E-state index contributed by atoms with van der Waals surface area (Å²) < 4.78 is 5.73. The molecule has 1 atom stereocenters. The third-order valence-electron chi connectivity index (χ3n) is 4.05. The second-order valence-corrected chi connectivity index (χ2v) is 5.42. The Morgan fingerprint density at radius 1 is 1.37 bits per heavy atom. The number of hydrogen-bond acceptors (Lipinski definition) is 4. The van der Waals surface area contributed by atoms with E-state index in [0.29, 0.717) is 30.7 Å². The standard InChI is InChI=1S/C15H24N2O2/c1-17-8-6-12(7-9-17)13(10-16)11-19-15-5-3-2-4-14(15)18/h2-5,12-13,18H,6-11,16H2,1H3. The summed E-state index contributed by atoms with van der Waals surface area (Å²) in [5.41, 5.74) is 5.88. The molecular weight excluding hydrogens is 240 g/mol. The summed E-state index contributed by atoms with van der Waals surface area (Å²) in [5.74, 6) is 1.75. The fourth-order valence-corrected chi connectivity index (χ4v) is 2.67. The fraction of sp³-hybridized carbons (Fsp3) is 0.600. The maximum Gasteiger partial charge on any atom is 0.160 e. The Balaban J connectivity index is 1.87. The topological polar surface area (TPSA) is 58.7 Å². The van der Waals surface area contributed by atoms with Crippen molar-refractivity contribution in [1.29, 1.82) is 0 Å². The van der Waals surface area contributed by atoms with Crippen LogP contribution in [0.4, 0.5) is 0 Å². The lowest BCUT2D eigenvalue weighted by atomic mass is 9.85. The quantitative estimate of drug-likeness (QED) is 0.849. The molecule has 4 nitrogen and oxygen atoms in total. The molecule has 106 valence electrons. The summed E-state index contributed by atoms with van der Waals surface area (Å²) in [6, 6.07) is 7.08. The highest BCUT2D eigenvalue weighted by molar-refractivity contribution is 5.37. The fourth-order valence-electron chi connectivity index (χ4n) is 2.67. The van der Waals surface area contributed by atoms with Crippen molar-refractivity contribution < 1.29 is 9.84 Å². The Morgan fingerprint density at radius 2 is 2.05 bits per heavy atom. The molecule has 1 aliphatic heterocycles. The van der Waals surface area contributed by atoms with Gasteiger partial charge in [-0.15, -0.1) is 0 Å². The maximum atomic E-state index is 9.68. The van der Waals surface area contributed by atoms with Gasteiger partial charge in [0.25, 0.3) is 0 Å². The zero-order chi connectivity index (χ0) is 13.7. The van der Waals surface area contributed by atoms with Gasteiger partial charge in [-0.3, -0.25) is 0 Å². The number of nitrogens with two attached hydrogens (primary N) is 1. The number of phenolic OH excluding ortho intramolecular Hbond substituents is 1. The van der Waals surface area contributed by atoms with Crippen LogP contribution in [-0.4, -0.2) is 43.3 Å². The number of rotatable bonds is 5. The van der Waals surface area contributed by atoms with E-state index in [1.165, 1.54) is 12.8 Å². The molecule has 1 aromatic rings. The zero-order valence-electron chi connectivity index (χ0n) is 11.6. The molecule has 0 aromatic heterocycles. The average Bonchev–Trinajstić information content (AvgIpc) is 2.43. The highest BCUT2D eigenvalue weighted by atomic mass is 16.5. The number of hydrogen-bond donors (Lipinski definition) is 2. The van der Waals surface area contributed by atoms with Gasteiger partial charge in [-0.2, -0.15) is 0 Å². The first-order chi connectivity index (χ1) is 9.20. The molecule has 0 aliphatic carbocycles. The predicted molar refractivity (Wildman–Crippen MR) is 76.4 cm³/mol. The SMILES string of the molecule is CN1CCC(C(CN)COc2ccccc2O)CC1. The molecule has 1 unspecified atom stereocenters. The molecule has 0 amide bonds. The molecule has 19 heavy (non-hydrogen) atoms. The van der Waals surface area contributed by atoms with E-state index < -0.39 is 0 Å². The minimum atomic E-state index is 0.196. The Kier molecular flexibility index (Phi) is 5.05. The molecule has 3 N–H and O–H groups in total. The molecule has 1 saturated heterocycles. The number of phenols is 1. The molecule has 0 bridgehead atoms. The second kappa shape index (κ2) is 6.78. The maximum absolute atomic E-state index is 9.68. The molecule has 0 saturated carbocycles. The average molecular weight is 264 g/mol. The van der Waals surface area contributed by atoms with Crippen LogP contribution in [0.3, 0.4) is 0 Å². The van der Waals surface area contributed by atoms with Crippen LogP contribution in [0.25, 0.3) is 0 Å². The second-order valence-electron chi connectivity index (χ2n) is 5.42. The Morgan fingerprint density at radius 3 is 2.68 bits per heavy atom. The lowest BCUT2D eigenvalue weighted by Crippen LogP contribution is -2.37. The van der Waals surface area contributed by atoms with Gasteiger partial charge in [-0.05, 0) is 57.6 Å². The number of aromatic hydroxyl groups is 1. The molecule has 1 fully saturated rings. The van der Waals surface area contributed by atoms with Crippen molar-refractivity contribution >= 4 is 0 Å². The summed E-state index contributed by atoms with van der Waals surface area (Å²) in [5, 5.41) is 9.68. The summed E-state index contributed by atoms with van der Waals surface area (Å²) in [7, 11) is 2.16. The summed E-state index contributed by atoms with van der Waals surface area (Å²) in [6.07, 6.45) is 2.37. The van der Waals surface area contributed by atoms with Gasteiger partial charge in [0.15, 0.2) is 11.5 Å². The van der Waals surface area contributed by atoms with Gasteiger partial charge >= 0.3 is 0 Å². The monoisotopic (exact) mass is 264 g/mol. The van der Waals surface area contributed by atoms with Crippen molar-refractivity contribution in [2.24, 2.45) is 17.6 Å². The molecule has 1 aromatic carbocycles. The molecule has 1 heterocycles. The van der Waals surface area contributed by atoms with Crippen LogP contribution in [0.5, 0.6) is 11.5 Å². The van der Waals surface area contributed by atoms with Crippen molar-refractivity contribution in [3.8, 4) is 11.5 Å². The lowest BCUT2D eigenvalue weighted by Gasteiger charge is -2.33. The first kappa shape index (κ1) is 14.2. The van der Waals surface area contributed by atoms with Crippen LogP contribution < -0.4 is 10.5 Å². The van der Waals surface area contributed by atoms with E-state index in [4.69, 9.17) is 10.5 Å². The van der Waals surface area contributed by atoms with Crippen molar-refractivity contribution in [3.63, 3.8) is 0 Å². The van der Waals surface area contributed by atoms with E-state index in [0.717, 1.165) is 13.1 Å². The minimum absolute atomic E-state index is 0.196. The predicted octanol–water partition coefficient (Wildman–Crippen LogP) is 1.69. The van der Waals surface area contributed by atoms with Crippen LogP contribution in [0.1, 0.15) is 12.8 Å². The van der Waals surface area contributed by atoms with Crippen molar-refractivity contribution in [2.75, 3.05) is 33.3 Å². The van der Waals surface area contributed by atoms with E-state index >= 15 is 0 Å². The summed E-state index contributed by atoms with van der Waals surface area (Å²) >= 11 is 0. The van der Waals surface area contributed by atoms with Crippen molar-refractivity contribution in [2.45, 2.75) is 12.8 Å². The third-order valence-corrected chi connectivity index (χ3v) is 4.05. The highest BCUT2D eigenvalue weighted by Crippen LogP contribution is 2.28. The van der Waals surface area contributed by atoms with E-state index in [9.17, 15) is 5.11 Å². The molecule has 2 rings (SSSR count). The lowest BCUT2D eigenvalue weighted by molar-refractivity contribution is 0.131. The summed E-state index contributed by atoms with van der Waals surface area (Å²) in [4.78, 5) is 2.36. The van der Waals surface area contributed by atoms with E-state index in [1.54, 1.807) is 18.2 Å². The van der Waals surface area contributed by atoms with Crippen LogP contribution >= 0.6 is 0 Å². The van der Waals surface area contributed by atoms with Gasteiger partial charge in [0, 0.05) is 5.92 Å². The number of para-hydroxylation sites is 2. The van der Waals surface area contributed by atoms with E-state index in [2.05, 4.69) is 11.9 Å². The summed E-state index contributed by atoms with van der Waals surface area (Å²) in [6.45, 7) is 3.50. The van der Waals surface area contributed by atoms with Crippen LogP contribution in [0.2, 0.25) is 0 Å². The number of nitrogens with zero attached hydrogens (tertiary/aromatic N) is 1. The third kappa shape index (κ3) is 3.85. The number of benzene rings is 1. The van der Waals surface area contributed by atoms with E-state index in [-0.39, 0.29) is 5.75 Å². The zero-order valence-corrected chi connectivity index (χ0v) is 11.6. The Labute approximate surface area is 115 Å². The van der Waals surface area contributed by atoms with Crippen molar-refractivity contribution in [1.82, 2.24) is 4.90 Å².